The molecular formula is C15H24N6. The maximum absolute atomic E-state index is 4.46. The minimum absolute atomic E-state index is 0.773. The maximum atomic E-state index is 4.46. The van der Waals surface area contributed by atoms with Gasteiger partial charge in [-0.05, 0) is 40.2 Å². The van der Waals surface area contributed by atoms with Crippen LogP contribution in [0.5, 0.6) is 0 Å². The van der Waals surface area contributed by atoms with Crippen molar-refractivity contribution in [3.63, 3.8) is 0 Å². The van der Waals surface area contributed by atoms with E-state index in [9.17, 15) is 0 Å². The summed E-state index contributed by atoms with van der Waals surface area (Å²) in [5.41, 5.74) is 2.28. The Morgan fingerprint density at radius 2 is 1.76 bits per heavy atom. The Morgan fingerprint density at radius 3 is 2.38 bits per heavy atom. The van der Waals surface area contributed by atoms with E-state index < -0.39 is 0 Å². The topological polar surface area (TPSA) is 67.7 Å². The molecular weight excluding hydrogens is 264 g/mol. The molecule has 2 rings (SSSR count). The van der Waals surface area contributed by atoms with Crippen LogP contribution in [0.2, 0.25) is 0 Å². The van der Waals surface area contributed by atoms with E-state index in [4.69, 9.17) is 0 Å². The molecule has 6 nitrogen and oxygen atoms in total. The zero-order valence-electron chi connectivity index (χ0n) is 13.3. The lowest BCUT2D eigenvalue weighted by Gasteiger charge is -2.09. The first-order valence-electron chi connectivity index (χ1n) is 7.43. The van der Waals surface area contributed by atoms with Gasteiger partial charge in [-0.3, -0.25) is 4.68 Å². The number of aryl methyl sites for hydroxylation is 4. The standard InChI is InChI=1S/C15H24N6/c1-5-16-14-10-15(19-13(4)18-14)17-7-6-8-21-12(3)9-11(2)20-21/h9-10H,5-8H2,1-4H3,(H2,16,17,18,19). The second-order valence-electron chi connectivity index (χ2n) is 5.15. The summed E-state index contributed by atoms with van der Waals surface area (Å²) in [7, 11) is 0. The van der Waals surface area contributed by atoms with Crippen LogP contribution in [0.1, 0.15) is 30.6 Å². The zero-order valence-corrected chi connectivity index (χ0v) is 13.3. The monoisotopic (exact) mass is 288 g/mol. The lowest BCUT2D eigenvalue weighted by molar-refractivity contribution is 0.573. The smallest absolute Gasteiger partial charge is 0.131 e. The van der Waals surface area contributed by atoms with E-state index in [0.717, 1.165) is 49.2 Å². The van der Waals surface area contributed by atoms with Crippen molar-refractivity contribution in [2.45, 2.75) is 40.7 Å². The average molecular weight is 288 g/mol. The van der Waals surface area contributed by atoms with Crippen molar-refractivity contribution in [2.24, 2.45) is 0 Å². The first kappa shape index (κ1) is 15.3. The molecule has 2 aromatic heterocycles. The van der Waals surface area contributed by atoms with Gasteiger partial charge < -0.3 is 10.6 Å². The summed E-state index contributed by atoms with van der Waals surface area (Å²) in [5, 5.41) is 11.0. The van der Waals surface area contributed by atoms with Crippen molar-refractivity contribution < 1.29 is 0 Å². The third kappa shape index (κ3) is 4.44. The summed E-state index contributed by atoms with van der Waals surface area (Å²) in [6.45, 7) is 10.7. The van der Waals surface area contributed by atoms with E-state index in [0.29, 0.717) is 0 Å². The van der Waals surface area contributed by atoms with Crippen molar-refractivity contribution in [1.29, 1.82) is 0 Å². The molecule has 0 aromatic carbocycles. The molecule has 0 aliphatic rings. The van der Waals surface area contributed by atoms with Crippen molar-refractivity contribution in [3.05, 3.63) is 29.3 Å². The minimum atomic E-state index is 0.773. The molecule has 0 aliphatic heterocycles. The van der Waals surface area contributed by atoms with Crippen LogP contribution < -0.4 is 10.6 Å². The van der Waals surface area contributed by atoms with Gasteiger partial charge in [0.1, 0.15) is 17.5 Å². The Balaban J connectivity index is 1.84. The summed E-state index contributed by atoms with van der Waals surface area (Å²) >= 11 is 0. The molecule has 114 valence electrons. The number of nitrogens with zero attached hydrogens (tertiary/aromatic N) is 4. The molecule has 0 saturated heterocycles. The maximum Gasteiger partial charge on any atom is 0.131 e. The fraction of sp³-hybridized carbons (Fsp3) is 0.533. The molecule has 0 atom stereocenters. The molecule has 0 radical (unpaired) electrons. The Hall–Kier alpha value is -2.11. The van der Waals surface area contributed by atoms with Gasteiger partial charge in [0.25, 0.3) is 0 Å². The van der Waals surface area contributed by atoms with Crippen LogP contribution in [-0.4, -0.2) is 32.8 Å². The van der Waals surface area contributed by atoms with E-state index >= 15 is 0 Å². The van der Waals surface area contributed by atoms with E-state index in [-0.39, 0.29) is 0 Å². The fourth-order valence-electron chi connectivity index (χ4n) is 2.28. The average Bonchev–Trinajstić information content (AvgIpc) is 2.73. The predicted molar refractivity (Wildman–Crippen MR) is 85.7 cm³/mol. The highest BCUT2D eigenvalue weighted by Gasteiger charge is 2.02. The third-order valence-corrected chi connectivity index (χ3v) is 3.15. The summed E-state index contributed by atoms with van der Waals surface area (Å²) < 4.78 is 2.05. The lowest BCUT2D eigenvalue weighted by Crippen LogP contribution is -2.11. The highest BCUT2D eigenvalue weighted by atomic mass is 15.3. The van der Waals surface area contributed by atoms with Gasteiger partial charge in [-0.1, -0.05) is 0 Å². The molecule has 0 saturated carbocycles. The van der Waals surface area contributed by atoms with Crippen LogP contribution in [-0.2, 0) is 6.54 Å². The molecule has 0 unspecified atom stereocenters. The Bertz CT molecular complexity index is 590. The largest absolute Gasteiger partial charge is 0.370 e. The van der Waals surface area contributed by atoms with Crippen LogP contribution in [0.3, 0.4) is 0 Å². The number of hydrogen-bond acceptors (Lipinski definition) is 5. The van der Waals surface area contributed by atoms with Crippen molar-refractivity contribution in [1.82, 2.24) is 19.7 Å². The lowest BCUT2D eigenvalue weighted by atomic mass is 10.3. The zero-order chi connectivity index (χ0) is 15.2. The van der Waals surface area contributed by atoms with E-state index in [2.05, 4.69) is 45.6 Å². The summed E-state index contributed by atoms with van der Waals surface area (Å²) in [6, 6.07) is 4.05. The third-order valence-electron chi connectivity index (χ3n) is 3.15. The second kappa shape index (κ2) is 7.06. The van der Waals surface area contributed by atoms with E-state index in [1.165, 1.54) is 5.69 Å². The first-order chi connectivity index (χ1) is 10.1. The van der Waals surface area contributed by atoms with Gasteiger partial charge in [-0.25, -0.2) is 9.97 Å². The van der Waals surface area contributed by atoms with Gasteiger partial charge in [0.2, 0.25) is 0 Å². The molecule has 0 amide bonds. The number of nitrogens with one attached hydrogen (secondary N) is 2. The van der Waals surface area contributed by atoms with Crippen LogP contribution in [0.25, 0.3) is 0 Å². The number of rotatable bonds is 7. The summed E-state index contributed by atoms with van der Waals surface area (Å²) in [5.74, 6) is 2.51. The Morgan fingerprint density at radius 1 is 1.05 bits per heavy atom. The van der Waals surface area contributed by atoms with Crippen LogP contribution in [0.15, 0.2) is 12.1 Å². The Labute approximate surface area is 126 Å². The van der Waals surface area contributed by atoms with Gasteiger partial charge in [-0.2, -0.15) is 5.10 Å². The highest BCUT2D eigenvalue weighted by molar-refractivity contribution is 5.47. The van der Waals surface area contributed by atoms with E-state index in [1.807, 2.05) is 24.6 Å². The molecule has 0 aliphatic carbocycles. The van der Waals surface area contributed by atoms with Crippen LogP contribution >= 0.6 is 0 Å². The quantitative estimate of drug-likeness (QED) is 0.766. The molecule has 6 heteroatoms. The summed E-state index contributed by atoms with van der Waals surface area (Å²) in [6.07, 6.45) is 1.00. The normalized spacial score (nSPS) is 10.7. The fourth-order valence-corrected chi connectivity index (χ4v) is 2.28. The SMILES string of the molecule is CCNc1cc(NCCCn2nc(C)cc2C)nc(C)n1. The molecule has 0 spiro atoms. The minimum Gasteiger partial charge on any atom is -0.370 e. The number of aromatic nitrogens is 4. The molecule has 0 fully saturated rings. The predicted octanol–water partition coefficient (Wildman–Crippen LogP) is 2.53. The molecule has 2 aromatic rings. The highest BCUT2D eigenvalue weighted by Crippen LogP contribution is 2.11. The van der Waals surface area contributed by atoms with Gasteiger partial charge in [0.15, 0.2) is 0 Å². The molecule has 0 bridgehead atoms. The van der Waals surface area contributed by atoms with Crippen LogP contribution in [0.4, 0.5) is 11.6 Å². The van der Waals surface area contributed by atoms with Crippen LogP contribution in [0, 0.1) is 20.8 Å². The second-order valence-corrected chi connectivity index (χ2v) is 5.15. The van der Waals surface area contributed by atoms with Gasteiger partial charge in [0, 0.05) is 31.4 Å². The van der Waals surface area contributed by atoms with Crippen molar-refractivity contribution in [3.8, 4) is 0 Å². The first-order valence-corrected chi connectivity index (χ1v) is 7.43. The number of anilines is 2. The Kier molecular flexibility index (Phi) is 5.14. The summed E-state index contributed by atoms with van der Waals surface area (Å²) in [4.78, 5) is 8.74. The van der Waals surface area contributed by atoms with Gasteiger partial charge in [0.05, 0.1) is 5.69 Å². The molecule has 2 N–H and O–H groups in total. The van der Waals surface area contributed by atoms with Gasteiger partial charge in [-0.15, -0.1) is 0 Å². The number of hydrogen-bond donors (Lipinski definition) is 2. The molecule has 21 heavy (non-hydrogen) atoms. The van der Waals surface area contributed by atoms with Crippen molar-refractivity contribution in [2.75, 3.05) is 23.7 Å². The van der Waals surface area contributed by atoms with Crippen molar-refractivity contribution >= 4 is 11.6 Å². The molecule has 2 heterocycles. The van der Waals surface area contributed by atoms with Gasteiger partial charge >= 0.3 is 0 Å². The van der Waals surface area contributed by atoms with E-state index in [1.54, 1.807) is 0 Å².